The minimum absolute atomic E-state index is 0.125. The van der Waals surface area contributed by atoms with Gasteiger partial charge in [0.25, 0.3) is 0 Å². The molecule has 31 heavy (non-hydrogen) atoms. The van der Waals surface area contributed by atoms with Crippen LogP contribution in [0.4, 0.5) is 18.9 Å². The summed E-state index contributed by atoms with van der Waals surface area (Å²) in [6.45, 7) is 0.394. The van der Waals surface area contributed by atoms with Gasteiger partial charge in [-0.05, 0) is 55.4 Å². The van der Waals surface area contributed by atoms with E-state index in [0.29, 0.717) is 18.0 Å². The zero-order valence-electron chi connectivity index (χ0n) is 17.3. The lowest BCUT2D eigenvalue weighted by Crippen LogP contribution is -2.41. The van der Waals surface area contributed by atoms with Crippen LogP contribution >= 0.6 is 23.8 Å². The van der Waals surface area contributed by atoms with Crippen LogP contribution in [-0.2, 0) is 12.7 Å². The van der Waals surface area contributed by atoms with Gasteiger partial charge in [-0.3, -0.25) is 0 Å². The summed E-state index contributed by atoms with van der Waals surface area (Å²) in [7, 11) is 3.14. The van der Waals surface area contributed by atoms with Crippen LogP contribution in [0.2, 0.25) is 5.02 Å². The zero-order valence-corrected chi connectivity index (χ0v) is 18.8. The molecule has 168 valence electrons. The van der Waals surface area contributed by atoms with E-state index in [1.54, 1.807) is 20.3 Å². The van der Waals surface area contributed by atoms with E-state index in [0.717, 1.165) is 37.3 Å². The van der Waals surface area contributed by atoms with Crippen molar-refractivity contribution in [3.8, 4) is 11.5 Å². The summed E-state index contributed by atoms with van der Waals surface area (Å²) >= 11 is 11.5. The Labute approximate surface area is 190 Å². The fraction of sp³-hybridized carbons (Fsp3) is 0.409. The first-order chi connectivity index (χ1) is 14.7. The normalized spacial score (nSPS) is 14.4. The number of nitrogens with zero attached hydrogens (tertiary/aromatic N) is 1. The molecule has 0 saturated heterocycles. The number of halogens is 4. The minimum Gasteiger partial charge on any atom is -0.497 e. The number of methoxy groups -OCH3 is 2. The summed E-state index contributed by atoms with van der Waals surface area (Å²) in [5.74, 6) is 1.28. The highest BCUT2D eigenvalue weighted by Gasteiger charge is 2.34. The van der Waals surface area contributed by atoms with E-state index in [9.17, 15) is 13.2 Å². The van der Waals surface area contributed by atoms with Crippen molar-refractivity contribution in [1.82, 2.24) is 4.90 Å². The zero-order chi connectivity index (χ0) is 22.6. The molecule has 3 rings (SSSR count). The van der Waals surface area contributed by atoms with Crippen LogP contribution in [-0.4, -0.2) is 30.3 Å². The summed E-state index contributed by atoms with van der Waals surface area (Å²) in [6, 6.07) is 9.02. The summed E-state index contributed by atoms with van der Waals surface area (Å²) in [6.07, 6.45) is -0.590. The number of hydrogen-bond donors (Lipinski definition) is 1. The number of rotatable bonds is 6. The smallest absolute Gasteiger partial charge is 0.418 e. The number of ether oxygens (including phenoxy) is 2. The molecule has 0 bridgehead atoms. The molecule has 0 heterocycles. The highest BCUT2D eigenvalue weighted by molar-refractivity contribution is 7.80. The Hall–Kier alpha value is -2.19. The van der Waals surface area contributed by atoms with Crippen molar-refractivity contribution in [2.24, 2.45) is 0 Å². The molecule has 1 fully saturated rings. The molecular formula is C22H24ClF3N2O2S. The quantitative estimate of drug-likeness (QED) is 0.484. The maximum absolute atomic E-state index is 13.5. The first-order valence-corrected chi connectivity index (χ1v) is 10.7. The van der Waals surface area contributed by atoms with Gasteiger partial charge >= 0.3 is 6.18 Å². The Balaban J connectivity index is 1.90. The number of nitrogens with one attached hydrogen (secondary N) is 1. The van der Waals surface area contributed by atoms with Crippen molar-refractivity contribution in [2.75, 3.05) is 19.5 Å². The van der Waals surface area contributed by atoms with Gasteiger partial charge in [0.15, 0.2) is 5.11 Å². The molecule has 1 aliphatic rings. The lowest BCUT2D eigenvalue weighted by Gasteiger charge is -2.32. The predicted octanol–water partition coefficient (Wildman–Crippen LogP) is 6.52. The van der Waals surface area contributed by atoms with Crippen molar-refractivity contribution >= 4 is 34.6 Å². The molecule has 1 aliphatic carbocycles. The van der Waals surface area contributed by atoms with Crippen molar-refractivity contribution < 1.29 is 22.6 Å². The number of thiocarbonyl (C=S) groups is 1. The Bertz CT molecular complexity index is 933. The number of hydrogen-bond acceptors (Lipinski definition) is 3. The van der Waals surface area contributed by atoms with E-state index < -0.39 is 11.7 Å². The maximum atomic E-state index is 13.5. The van der Waals surface area contributed by atoms with Gasteiger partial charge in [-0.1, -0.05) is 24.4 Å². The largest absolute Gasteiger partial charge is 0.497 e. The molecule has 1 N–H and O–H groups in total. The molecule has 0 amide bonds. The molecule has 9 heteroatoms. The Morgan fingerprint density at radius 1 is 1.13 bits per heavy atom. The van der Waals surface area contributed by atoms with Crippen LogP contribution in [0.3, 0.4) is 0 Å². The van der Waals surface area contributed by atoms with Gasteiger partial charge in [-0.25, -0.2) is 0 Å². The van der Waals surface area contributed by atoms with Crippen LogP contribution < -0.4 is 14.8 Å². The maximum Gasteiger partial charge on any atom is 0.418 e. The van der Waals surface area contributed by atoms with Gasteiger partial charge in [-0.15, -0.1) is 0 Å². The van der Waals surface area contributed by atoms with Crippen LogP contribution in [0.25, 0.3) is 0 Å². The molecule has 0 radical (unpaired) electrons. The van der Waals surface area contributed by atoms with E-state index in [-0.39, 0.29) is 21.9 Å². The monoisotopic (exact) mass is 472 g/mol. The minimum atomic E-state index is -4.53. The Morgan fingerprint density at radius 2 is 1.84 bits per heavy atom. The Morgan fingerprint density at radius 3 is 2.45 bits per heavy atom. The SMILES string of the molecule is COc1ccc(CN(C(=S)Nc2cc(Cl)ccc2C(F)(F)F)C2CCCC2)c(OC)c1. The van der Waals surface area contributed by atoms with E-state index in [4.69, 9.17) is 33.3 Å². The van der Waals surface area contributed by atoms with E-state index >= 15 is 0 Å². The van der Waals surface area contributed by atoms with Gasteiger partial charge in [-0.2, -0.15) is 13.2 Å². The third-order valence-corrected chi connectivity index (χ3v) is 5.96. The van der Waals surface area contributed by atoms with Crippen LogP contribution in [0.5, 0.6) is 11.5 Å². The number of alkyl halides is 3. The molecule has 1 saturated carbocycles. The van der Waals surface area contributed by atoms with Crippen molar-refractivity contribution in [3.05, 3.63) is 52.5 Å². The lowest BCUT2D eigenvalue weighted by molar-refractivity contribution is -0.136. The fourth-order valence-corrected chi connectivity index (χ4v) is 4.30. The van der Waals surface area contributed by atoms with Gasteiger partial charge in [0.05, 0.1) is 25.5 Å². The molecular weight excluding hydrogens is 449 g/mol. The summed E-state index contributed by atoms with van der Waals surface area (Å²) < 4.78 is 51.2. The van der Waals surface area contributed by atoms with E-state index in [1.165, 1.54) is 12.1 Å². The molecule has 0 spiro atoms. The Kier molecular flexibility index (Phi) is 7.54. The molecule has 2 aromatic carbocycles. The van der Waals surface area contributed by atoms with Crippen LogP contribution in [0.15, 0.2) is 36.4 Å². The summed E-state index contributed by atoms with van der Waals surface area (Å²) in [4.78, 5) is 1.94. The third kappa shape index (κ3) is 5.74. The fourth-order valence-electron chi connectivity index (χ4n) is 3.80. The van der Waals surface area contributed by atoms with Crippen molar-refractivity contribution in [3.63, 3.8) is 0 Å². The second kappa shape index (κ2) is 9.96. The van der Waals surface area contributed by atoms with E-state index in [2.05, 4.69) is 5.32 Å². The average molecular weight is 473 g/mol. The second-order valence-corrected chi connectivity index (χ2v) is 8.18. The first-order valence-electron chi connectivity index (χ1n) is 9.88. The standard InChI is InChI=1S/C22H24ClF3N2O2S/c1-29-17-9-7-14(20(12-17)30-2)13-28(16-5-3-4-6-16)21(31)27-19-11-15(23)8-10-18(19)22(24,25)26/h7-12,16H,3-6,13H2,1-2H3,(H,27,31). The molecule has 0 atom stereocenters. The topological polar surface area (TPSA) is 33.7 Å². The van der Waals surface area contributed by atoms with Crippen molar-refractivity contribution in [1.29, 1.82) is 0 Å². The van der Waals surface area contributed by atoms with Crippen molar-refractivity contribution in [2.45, 2.75) is 44.4 Å². The predicted molar refractivity (Wildman–Crippen MR) is 120 cm³/mol. The van der Waals surface area contributed by atoms with Gasteiger partial charge in [0.1, 0.15) is 11.5 Å². The molecule has 0 aromatic heterocycles. The first kappa shape index (κ1) is 23.5. The lowest BCUT2D eigenvalue weighted by atomic mass is 10.1. The number of benzene rings is 2. The third-order valence-electron chi connectivity index (χ3n) is 5.39. The average Bonchev–Trinajstić information content (AvgIpc) is 3.25. The van der Waals surface area contributed by atoms with E-state index in [1.807, 2.05) is 17.0 Å². The van der Waals surface area contributed by atoms with Gasteiger partial charge in [0, 0.05) is 29.2 Å². The highest BCUT2D eigenvalue weighted by Crippen LogP contribution is 2.37. The molecule has 0 unspecified atom stereocenters. The highest BCUT2D eigenvalue weighted by atomic mass is 35.5. The summed E-state index contributed by atoms with van der Waals surface area (Å²) in [5, 5.41) is 3.22. The molecule has 4 nitrogen and oxygen atoms in total. The molecule has 0 aliphatic heterocycles. The van der Waals surface area contributed by atoms with Crippen LogP contribution in [0.1, 0.15) is 36.8 Å². The second-order valence-electron chi connectivity index (χ2n) is 7.36. The van der Waals surface area contributed by atoms with Crippen LogP contribution in [0, 0.1) is 0 Å². The molecule has 2 aromatic rings. The van der Waals surface area contributed by atoms with Gasteiger partial charge < -0.3 is 19.7 Å². The number of anilines is 1. The summed E-state index contributed by atoms with van der Waals surface area (Å²) in [5.41, 5.74) is -0.108. The van der Waals surface area contributed by atoms with Gasteiger partial charge in [0.2, 0.25) is 0 Å².